The number of nitrogens with one attached hydrogen (secondary N) is 1. The lowest BCUT2D eigenvalue weighted by Crippen LogP contribution is -2.24. The SMILES string of the molecule is O=C(O)c1cccc(C(=O)NCc2ccncn2)n1. The summed E-state index contributed by atoms with van der Waals surface area (Å²) in [4.78, 5) is 34.0. The molecule has 0 aliphatic carbocycles. The minimum atomic E-state index is -1.18. The number of aromatic nitrogens is 3. The van der Waals surface area contributed by atoms with Gasteiger partial charge >= 0.3 is 5.97 Å². The highest BCUT2D eigenvalue weighted by molar-refractivity contribution is 5.94. The Hall–Kier alpha value is -2.83. The van der Waals surface area contributed by atoms with Crippen LogP contribution in [0.1, 0.15) is 26.7 Å². The largest absolute Gasteiger partial charge is 0.477 e. The molecule has 0 spiro atoms. The molecule has 96 valence electrons. The molecule has 19 heavy (non-hydrogen) atoms. The van der Waals surface area contributed by atoms with E-state index >= 15 is 0 Å². The van der Waals surface area contributed by atoms with Crippen LogP contribution in [0.4, 0.5) is 0 Å². The summed E-state index contributed by atoms with van der Waals surface area (Å²) in [6.45, 7) is 0.223. The quantitative estimate of drug-likeness (QED) is 0.827. The second kappa shape index (κ2) is 5.67. The van der Waals surface area contributed by atoms with E-state index in [1.807, 2.05) is 0 Å². The first-order chi connectivity index (χ1) is 9.16. The summed E-state index contributed by atoms with van der Waals surface area (Å²) in [5, 5.41) is 11.4. The number of aromatic carboxylic acids is 1. The van der Waals surface area contributed by atoms with Crippen LogP contribution in [0, 0.1) is 0 Å². The maximum atomic E-state index is 11.8. The predicted octanol–water partition coefficient (Wildman–Crippen LogP) is 0.500. The summed E-state index contributed by atoms with van der Waals surface area (Å²) in [5.41, 5.74) is 0.529. The van der Waals surface area contributed by atoms with Crippen molar-refractivity contribution in [2.75, 3.05) is 0 Å². The molecule has 2 aromatic rings. The van der Waals surface area contributed by atoms with Gasteiger partial charge in [0.15, 0.2) is 0 Å². The molecular weight excluding hydrogens is 248 g/mol. The Bertz CT molecular complexity index is 601. The fourth-order valence-corrected chi connectivity index (χ4v) is 1.36. The van der Waals surface area contributed by atoms with Crippen LogP contribution in [0.3, 0.4) is 0 Å². The van der Waals surface area contributed by atoms with Crippen molar-refractivity contribution in [3.63, 3.8) is 0 Å². The van der Waals surface area contributed by atoms with Gasteiger partial charge in [0.1, 0.15) is 17.7 Å². The molecule has 2 rings (SSSR count). The lowest BCUT2D eigenvalue weighted by Gasteiger charge is -2.04. The molecule has 0 unspecified atom stereocenters. The monoisotopic (exact) mass is 258 g/mol. The minimum absolute atomic E-state index is 0.0500. The summed E-state index contributed by atoms with van der Waals surface area (Å²) < 4.78 is 0. The molecule has 0 aliphatic rings. The van der Waals surface area contributed by atoms with Gasteiger partial charge < -0.3 is 10.4 Å². The molecule has 0 saturated carbocycles. The third-order valence-corrected chi connectivity index (χ3v) is 2.27. The molecular formula is C12H10N4O3. The fraction of sp³-hybridized carbons (Fsp3) is 0.0833. The molecule has 1 amide bonds. The number of carboxylic acid groups (broad SMARTS) is 1. The first kappa shape index (κ1) is 12.6. The van der Waals surface area contributed by atoms with Crippen LogP contribution >= 0.6 is 0 Å². The zero-order chi connectivity index (χ0) is 13.7. The van der Waals surface area contributed by atoms with Crippen molar-refractivity contribution in [3.05, 3.63) is 53.9 Å². The van der Waals surface area contributed by atoms with Gasteiger partial charge in [0.25, 0.3) is 5.91 Å². The Morgan fingerprint density at radius 3 is 2.68 bits per heavy atom. The summed E-state index contributed by atoms with van der Waals surface area (Å²) in [5.74, 6) is -1.63. The van der Waals surface area contributed by atoms with Gasteiger partial charge in [-0.2, -0.15) is 0 Å². The Morgan fingerprint density at radius 1 is 1.21 bits per heavy atom. The molecule has 0 aromatic carbocycles. The average Bonchev–Trinajstić information content (AvgIpc) is 2.46. The summed E-state index contributed by atoms with van der Waals surface area (Å²) in [7, 11) is 0. The van der Waals surface area contributed by atoms with Gasteiger partial charge in [-0.1, -0.05) is 6.07 Å². The van der Waals surface area contributed by atoms with Crippen LogP contribution < -0.4 is 5.32 Å². The summed E-state index contributed by atoms with van der Waals surface area (Å²) in [6, 6.07) is 5.91. The van der Waals surface area contributed by atoms with Gasteiger partial charge in [0, 0.05) is 6.20 Å². The van der Waals surface area contributed by atoms with Crippen LogP contribution in [0.25, 0.3) is 0 Å². The molecule has 7 heteroatoms. The number of carbonyl (C=O) groups is 2. The smallest absolute Gasteiger partial charge is 0.354 e. The zero-order valence-electron chi connectivity index (χ0n) is 9.78. The van der Waals surface area contributed by atoms with Crippen LogP contribution in [0.5, 0.6) is 0 Å². The molecule has 0 bridgehead atoms. The van der Waals surface area contributed by atoms with E-state index < -0.39 is 11.9 Å². The van der Waals surface area contributed by atoms with E-state index in [9.17, 15) is 9.59 Å². The van der Waals surface area contributed by atoms with E-state index in [1.165, 1.54) is 24.5 Å². The van der Waals surface area contributed by atoms with E-state index in [1.54, 1.807) is 12.3 Å². The Balaban J connectivity index is 2.04. The van der Waals surface area contributed by atoms with E-state index in [0.717, 1.165) is 0 Å². The maximum Gasteiger partial charge on any atom is 0.354 e. The van der Waals surface area contributed by atoms with Gasteiger partial charge in [-0.15, -0.1) is 0 Å². The van der Waals surface area contributed by atoms with Crippen molar-refractivity contribution in [1.29, 1.82) is 0 Å². The summed E-state index contributed by atoms with van der Waals surface area (Å²) >= 11 is 0. The lowest BCUT2D eigenvalue weighted by molar-refractivity contribution is 0.0690. The van der Waals surface area contributed by atoms with Gasteiger partial charge in [0.05, 0.1) is 12.2 Å². The summed E-state index contributed by atoms with van der Waals surface area (Å²) in [6.07, 6.45) is 2.95. The molecule has 2 heterocycles. The van der Waals surface area contributed by atoms with Crippen molar-refractivity contribution in [2.45, 2.75) is 6.54 Å². The molecule has 0 atom stereocenters. The zero-order valence-corrected chi connectivity index (χ0v) is 9.78. The van der Waals surface area contributed by atoms with Crippen molar-refractivity contribution in [3.8, 4) is 0 Å². The highest BCUT2D eigenvalue weighted by Gasteiger charge is 2.11. The first-order valence-corrected chi connectivity index (χ1v) is 5.40. The highest BCUT2D eigenvalue weighted by Crippen LogP contribution is 2.00. The molecule has 2 aromatic heterocycles. The molecule has 7 nitrogen and oxygen atoms in total. The van der Waals surface area contributed by atoms with Gasteiger partial charge in [0.2, 0.25) is 0 Å². The van der Waals surface area contributed by atoms with Crippen molar-refractivity contribution >= 4 is 11.9 Å². The number of rotatable bonds is 4. The number of nitrogens with zero attached hydrogens (tertiary/aromatic N) is 3. The Morgan fingerprint density at radius 2 is 2.00 bits per heavy atom. The van der Waals surface area contributed by atoms with Crippen molar-refractivity contribution in [2.24, 2.45) is 0 Å². The highest BCUT2D eigenvalue weighted by atomic mass is 16.4. The van der Waals surface area contributed by atoms with Crippen LogP contribution in [-0.4, -0.2) is 31.9 Å². The van der Waals surface area contributed by atoms with Crippen LogP contribution in [-0.2, 0) is 6.54 Å². The number of pyridine rings is 1. The third kappa shape index (κ3) is 3.32. The Kier molecular flexibility index (Phi) is 3.77. The van der Waals surface area contributed by atoms with E-state index in [2.05, 4.69) is 20.3 Å². The van der Waals surface area contributed by atoms with Gasteiger partial charge in [-0.3, -0.25) is 4.79 Å². The van der Waals surface area contributed by atoms with Crippen molar-refractivity contribution < 1.29 is 14.7 Å². The second-order valence-electron chi connectivity index (χ2n) is 3.60. The number of amides is 1. The van der Waals surface area contributed by atoms with Gasteiger partial charge in [-0.25, -0.2) is 19.7 Å². The van der Waals surface area contributed by atoms with E-state index in [4.69, 9.17) is 5.11 Å². The van der Waals surface area contributed by atoms with E-state index in [0.29, 0.717) is 5.69 Å². The number of hydrogen-bond acceptors (Lipinski definition) is 5. The normalized spacial score (nSPS) is 9.89. The average molecular weight is 258 g/mol. The fourth-order valence-electron chi connectivity index (χ4n) is 1.36. The molecule has 2 N–H and O–H groups in total. The molecule has 0 radical (unpaired) electrons. The second-order valence-corrected chi connectivity index (χ2v) is 3.60. The van der Waals surface area contributed by atoms with Crippen LogP contribution in [0.2, 0.25) is 0 Å². The predicted molar refractivity (Wildman–Crippen MR) is 64.4 cm³/mol. The van der Waals surface area contributed by atoms with Crippen molar-refractivity contribution in [1.82, 2.24) is 20.3 Å². The number of hydrogen-bond donors (Lipinski definition) is 2. The lowest BCUT2D eigenvalue weighted by atomic mass is 10.3. The molecule has 0 fully saturated rings. The van der Waals surface area contributed by atoms with Crippen LogP contribution in [0.15, 0.2) is 36.8 Å². The minimum Gasteiger partial charge on any atom is -0.477 e. The molecule has 0 saturated heterocycles. The standard InChI is InChI=1S/C12H10N4O3/c17-11(14-6-8-4-5-13-7-15-8)9-2-1-3-10(16-9)12(18)19/h1-5,7H,6H2,(H,14,17)(H,18,19). The molecule has 0 aliphatic heterocycles. The topological polar surface area (TPSA) is 105 Å². The number of carbonyl (C=O) groups excluding carboxylic acids is 1. The maximum absolute atomic E-state index is 11.8. The Labute approximate surface area is 108 Å². The van der Waals surface area contributed by atoms with Gasteiger partial charge in [-0.05, 0) is 18.2 Å². The van der Waals surface area contributed by atoms with E-state index in [-0.39, 0.29) is 17.9 Å². The third-order valence-electron chi connectivity index (χ3n) is 2.27. The number of carboxylic acids is 1. The first-order valence-electron chi connectivity index (χ1n) is 5.40.